The molecule has 1 heteroatoms. The van der Waals surface area contributed by atoms with Gasteiger partial charge in [0.25, 0.3) is 0 Å². The largest absolute Gasteiger partial charge is 0.377 e. The lowest BCUT2D eigenvalue weighted by Gasteiger charge is -2.09. The van der Waals surface area contributed by atoms with Crippen molar-refractivity contribution in [1.82, 2.24) is 0 Å². The van der Waals surface area contributed by atoms with Crippen molar-refractivity contribution in [3.8, 4) is 0 Å². The van der Waals surface area contributed by atoms with Crippen LogP contribution in [0.2, 0.25) is 0 Å². The molecule has 1 atom stereocenters. The lowest BCUT2D eigenvalue weighted by atomic mass is 10.1. The average Bonchev–Trinajstić information content (AvgIpc) is 2.31. The molecular formula is C14H20O. The topological polar surface area (TPSA) is 9.23 Å². The van der Waals surface area contributed by atoms with Crippen LogP contribution in [-0.2, 0) is 11.2 Å². The molecule has 0 heterocycles. The van der Waals surface area contributed by atoms with Gasteiger partial charge in [-0.25, -0.2) is 0 Å². The minimum Gasteiger partial charge on any atom is -0.377 e. The van der Waals surface area contributed by atoms with Gasteiger partial charge in [0.1, 0.15) is 0 Å². The van der Waals surface area contributed by atoms with Crippen LogP contribution in [0.4, 0.5) is 0 Å². The Balaban J connectivity index is 2.14. The second-order valence-corrected chi connectivity index (χ2v) is 3.74. The predicted octanol–water partition coefficient (Wildman–Crippen LogP) is 3.60. The van der Waals surface area contributed by atoms with Crippen molar-refractivity contribution in [3.63, 3.8) is 0 Å². The number of hydrogen-bond donors (Lipinski definition) is 0. The van der Waals surface area contributed by atoms with E-state index >= 15 is 0 Å². The average molecular weight is 204 g/mol. The maximum absolute atomic E-state index is 5.23. The first-order chi connectivity index (χ1) is 7.36. The zero-order chi connectivity index (χ0) is 10.9. The van der Waals surface area contributed by atoms with Gasteiger partial charge in [-0.15, -0.1) is 6.58 Å². The lowest BCUT2D eigenvalue weighted by molar-refractivity contribution is 0.131. The number of ether oxygens (including phenoxy) is 1. The van der Waals surface area contributed by atoms with Crippen molar-refractivity contribution in [2.75, 3.05) is 7.11 Å². The van der Waals surface area contributed by atoms with Crippen LogP contribution in [0.1, 0.15) is 24.8 Å². The van der Waals surface area contributed by atoms with Crippen molar-refractivity contribution in [1.29, 1.82) is 0 Å². The van der Waals surface area contributed by atoms with E-state index in [-0.39, 0.29) is 6.10 Å². The summed E-state index contributed by atoms with van der Waals surface area (Å²) in [5.74, 6) is 0. The molecule has 0 aromatic heterocycles. The minimum atomic E-state index is 0.223. The van der Waals surface area contributed by atoms with Crippen molar-refractivity contribution in [2.24, 2.45) is 0 Å². The predicted molar refractivity (Wildman–Crippen MR) is 65.0 cm³/mol. The van der Waals surface area contributed by atoms with Crippen LogP contribution in [0.5, 0.6) is 0 Å². The summed E-state index contributed by atoms with van der Waals surface area (Å²) in [6.45, 7) is 3.74. The molecule has 0 aliphatic rings. The Labute approximate surface area is 92.8 Å². The molecule has 0 bridgehead atoms. The van der Waals surface area contributed by atoms with Crippen LogP contribution in [0.15, 0.2) is 43.0 Å². The zero-order valence-electron chi connectivity index (χ0n) is 9.49. The van der Waals surface area contributed by atoms with Gasteiger partial charge in [-0.2, -0.15) is 0 Å². The van der Waals surface area contributed by atoms with Gasteiger partial charge in [-0.05, 0) is 24.8 Å². The standard InChI is InChI=1S/C14H20O/c1-3-14(15-2)12-8-7-11-13-9-5-4-6-10-13/h3-6,9-10,14H,1,7-8,11-12H2,2H3. The molecule has 0 radical (unpaired) electrons. The summed E-state index contributed by atoms with van der Waals surface area (Å²) in [5, 5.41) is 0. The van der Waals surface area contributed by atoms with Crippen LogP contribution in [-0.4, -0.2) is 13.2 Å². The SMILES string of the molecule is C=CC(CCCCc1ccccc1)OC. The van der Waals surface area contributed by atoms with Crippen LogP contribution in [0.3, 0.4) is 0 Å². The lowest BCUT2D eigenvalue weighted by Crippen LogP contribution is -2.05. The molecule has 1 aromatic carbocycles. The third-order valence-electron chi connectivity index (χ3n) is 2.61. The molecule has 0 N–H and O–H groups in total. The highest BCUT2D eigenvalue weighted by Crippen LogP contribution is 2.09. The zero-order valence-corrected chi connectivity index (χ0v) is 9.49. The van der Waals surface area contributed by atoms with Gasteiger partial charge in [-0.3, -0.25) is 0 Å². The number of benzene rings is 1. The second kappa shape index (κ2) is 7.24. The van der Waals surface area contributed by atoms with Gasteiger partial charge in [0.15, 0.2) is 0 Å². The van der Waals surface area contributed by atoms with Crippen molar-refractivity contribution >= 4 is 0 Å². The number of methoxy groups -OCH3 is 1. The first-order valence-electron chi connectivity index (χ1n) is 5.56. The fourth-order valence-electron chi connectivity index (χ4n) is 1.65. The summed E-state index contributed by atoms with van der Waals surface area (Å²) in [4.78, 5) is 0. The van der Waals surface area contributed by atoms with E-state index in [0.717, 1.165) is 12.8 Å². The van der Waals surface area contributed by atoms with Gasteiger partial charge < -0.3 is 4.74 Å². The van der Waals surface area contributed by atoms with Crippen LogP contribution in [0, 0.1) is 0 Å². The number of hydrogen-bond acceptors (Lipinski definition) is 1. The van der Waals surface area contributed by atoms with E-state index in [1.165, 1.54) is 18.4 Å². The molecular weight excluding hydrogens is 184 g/mol. The second-order valence-electron chi connectivity index (χ2n) is 3.74. The Morgan fingerprint density at radius 3 is 2.60 bits per heavy atom. The van der Waals surface area contributed by atoms with E-state index in [4.69, 9.17) is 4.74 Å². The molecule has 0 saturated carbocycles. The summed E-state index contributed by atoms with van der Waals surface area (Å²) in [6, 6.07) is 10.6. The molecule has 0 aliphatic carbocycles. The van der Waals surface area contributed by atoms with Gasteiger partial charge >= 0.3 is 0 Å². The summed E-state index contributed by atoms with van der Waals surface area (Å²) < 4.78 is 5.23. The van der Waals surface area contributed by atoms with Crippen LogP contribution < -0.4 is 0 Å². The van der Waals surface area contributed by atoms with E-state index in [2.05, 4.69) is 36.9 Å². The minimum absolute atomic E-state index is 0.223. The van der Waals surface area contributed by atoms with Crippen molar-refractivity contribution in [3.05, 3.63) is 48.6 Å². The highest BCUT2D eigenvalue weighted by molar-refractivity contribution is 5.14. The third kappa shape index (κ3) is 4.80. The number of rotatable bonds is 7. The van der Waals surface area contributed by atoms with Crippen LogP contribution >= 0.6 is 0 Å². The maximum atomic E-state index is 5.23. The first-order valence-corrected chi connectivity index (χ1v) is 5.56. The Bertz CT molecular complexity index is 266. The van der Waals surface area contributed by atoms with Crippen molar-refractivity contribution in [2.45, 2.75) is 31.8 Å². The van der Waals surface area contributed by atoms with Gasteiger partial charge in [-0.1, -0.05) is 42.8 Å². The molecule has 15 heavy (non-hydrogen) atoms. The van der Waals surface area contributed by atoms with E-state index in [1.807, 2.05) is 6.08 Å². The van der Waals surface area contributed by atoms with Crippen LogP contribution in [0.25, 0.3) is 0 Å². The highest BCUT2D eigenvalue weighted by atomic mass is 16.5. The fraction of sp³-hybridized carbons (Fsp3) is 0.429. The Kier molecular flexibility index (Phi) is 5.79. The highest BCUT2D eigenvalue weighted by Gasteiger charge is 2.00. The Hall–Kier alpha value is -1.08. The first kappa shape index (κ1) is 12.0. The molecule has 0 amide bonds. The molecule has 0 aliphatic heterocycles. The summed E-state index contributed by atoms with van der Waals surface area (Å²) in [7, 11) is 1.74. The molecule has 0 fully saturated rings. The Morgan fingerprint density at radius 1 is 1.27 bits per heavy atom. The molecule has 0 saturated heterocycles. The van der Waals surface area contributed by atoms with Gasteiger partial charge in [0.05, 0.1) is 6.10 Å². The smallest absolute Gasteiger partial charge is 0.0749 e. The Morgan fingerprint density at radius 2 is 2.00 bits per heavy atom. The number of aryl methyl sites for hydroxylation is 1. The summed E-state index contributed by atoms with van der Waals surface area (Å²) in [5.41, 5.74) is 1.42. The summed E-state index contributed by atoms with van der Waals surface area (Å²) in [6.07, 6.45) is 6.75. The molecule has 1 rings (SSSR count). The van der Waals surface area contributed by atoms with Gasteiger partial charge in [0, 0.05) is 7.11 Å². The van der Waals surface area contributed by atoms with E-state index in [1.54, 1.807) is 7.11 Å². The van der Waals surface area contributed by atoms with E-state index in [9.17, 15) is 0 Å². The maximum Gasteiger partial charge on any atom is 0.0749 e. The molecule has 1 nitrogen and oxygen atoms in total. The monoisotopic (exact) mass is 204 g/mol. The summed E-state index contributed by atoms with van der Waals surface area (Å²) >= 11 is 0. The van der Waals surface area contributed by atoms with Gasteiger partial charge in [0.2, 0.25) is 0 Å². The third-order valence-corrected chi connectivity index (χ3v) is 2.61. The fourth-order valence-corrected chi connectivity index (χ4v) is 1.65. The molecule has 0 spiro atoms. The molecule has 82 valence electrons. The molecule has 1 unspecified atom stereocenters. The number of unbranched alkanes of at least 4 members (excludes halogenated alkanes) is 1. The van der Waals surface area contributed by atoms with E-state index in [0.29, 0.717) is 0 Å². The molecule has 1 aromatic rings. The van der Waals surface area contributed by atoms with Crippen molar-refractivity contribution < 1.29 is 4.74 Å². The quantitative estimate of drug-likeness (QED) is 0.487. The van der Waals surface area contributed by atoms with E-state index < -0.39 is 0 Å². The normalized spacial score (nSPS) is 12.3.